The molecule has 0 saturated heterocycles. The highest BCUT2D eigenvalue weighted by Gasteiger charge is 2.10. The van der Waals surface area contributed by atoms with Gasteiger partial charge in [-0.15, -0.1) is 11.3 Å². The monoisotopic (exact) mass is 308 g/mol. The van der Waals surface area contributed by atoms with E-state index in [4.69, 9.17) is 0 Å². The number of thiophene rings is 1. The van der Waals surface area contributed by atoms with Gasteiger partial charge in [0.15, 0.2) is 5.78 Å². The first-order valence-electron chi connectivity index (χ1n) is 5.39. The molecule has 0 bridgehead atoms. The van der Waals surface area contributed by atoms with Crippen LogP contribution in [0.15, 0.2) is 33.4 Å². The van der Waals surface area contributed by atoms with Gasteiger partial charge in [-0.1, -0.05) is 23.8 Å². The van der Waals surface area contributed by atoms with E-state index in [1.165, 1.54) is 11.1 Å². The minimum atomic E-state index is 0.181. The quantitative estimate of drug-likeness (QED) is 0.760. The molecule has 2 rings (SSSR count). The standard InChI is InChI=1S/C14H13BrOS/c1-9-3-4-10(2)11(5-9)6-13(16)12-7-14(15)17-8-12/h3-5,7-8H,6H2,1-2H3. The van der Waals surface area contributed by atoms with E-state index in [0.29, 0.717) is 6.42 Å². The lowest BCUT2D eigenvalue weighted by atomic mass is 9.99. The Morgan fingerprint density at radius 2 is 2.06 bits per heavy atom. The van der Waals surface area contributed by atoms with Crippen LogP contribution in [0.5, 0.6) is 0 Å². The molecule has 17 heavy (non-hydrogen) atoms. The molecule has 88 valence electrons. The van der Waals surface area contributed by atoms with E-state index in [9.17, 15) is 4.79 Å². The van der Waals surface area contributed by atoms with Gasteiger partial charge < -0.3 is 0 Å². The maximum absolute atomic E-state index is 12.1. The van der Waals surface area contributed by atoms with Crippen LogP contribution in [0.4, 0.5) is 0 Å². The summed E-state index contributed by atoms with van der Waals surface area (Å²) >= 11 is 4.92. The Morgan fingerprint density at radius 1 is 1.29 bits per heavy atom. The summed E-state index contributed by atoms with van der Waals surface area (Å²) in [5, 5.41) is 1.90. The van der Waals surface area contributed by atoms with Gasteiger partial charge in [-0.3, -0.25) is 4.79 Å². The SMILES string of the molecule is Cc1ccc(C)c(CC(=O)c2csc(Br)c2)c1. The van der Waals surface area contributed by atoms with Crippen LogP contribution in [-0.2, 0) is 6.42 Å². The second-order valence-electron chi connectivity index (χ2n) is 4.17. The predicted octanol–water partition coefficient (Wildman–Crippen LogP) is 4.55. The Bertz CT molecular complexity index is 557. The highest BCUT2D eigenvalue weighted by molar-refractivity contribution is 9.11. The molecule has 0 atom stereocenters. The lowest BCUT2D eigenvalue weighted by Gasteiger charge is -2.05. The summed E-state index contributed by atoms with van der Waals surface area (Å²) in [6, 6.07) is 8.12. The zero-order valence-electron chi connectivity index (χ0n) is 9.79. The van der Waals surface area contributed by atoms with E-state index < -0.39 is 0 Å². The van der Waals surface area contributed by atoms with Gasteiger partial charge in [-0.2, -0.15) is 0 Å². The van der Waals surface area contributed by atoms with Crippen LogP contribution >= 0.6 is 27.3 Å². The molecule has 0 aliphatic heterocycles. The second-order valence-corrected chi connectivity index (χ2v) is 6.46. The lowest BCUT2D eigenvalue weighted by molar-refractivity contribution is 0.0993. The van der Waals surface area contributed by atoms with Crippen molar-refractivity contribution in [3.8, 4) is 0 Å². The summed E-state index contributed by atoms with van der Waals surface area (Å²) in [7, 11) is 0. The highest BCUT2D eigenvalue weighted by Crippen LogP contribution is 2.22. The minimum Gasteiger partial charge on any atom is -0.294 e. The molecule has 0 spiro atoms. The van der Waals surface area contributed by atoms with Crippen molar-refractivity contribution >= 4 is 33.0 Å². The summed E-state index contributed by atoms with van der Waals surface area (Å²) in [6.45, 7) is 4.10. The maximum atomic E-state index is 12.1. The number of Topliss-reactive ketones (excluding diaryl/α,β-unsaturated/α-hetero) is 1. The van der Waals surface area contributed by atoms with Gasteiger partial charge in [-0.25, -0.2) is 0 Å². The van der Waals surface area contributed by atoms with Crippen LogP contribution in [0.2, 0.25) is 0 Å². The molecule has 0 aliphatic rings. The first-order valence-corrected chi connectivity index (χ1v) is 7.07. The maximum Gasteiger partial charge on any atom is 0.168 e. The number of rotatable bonds is 3. The average Bonchev–Trinajstić information content (AvgIpc) is 2.70. The zero-order chi connectivity index (χ0) is 12.4. The molecule has 0 saturated carbocycles. The fourth-order valence-electron chi connectivity index (χ4n) is 1.72. The van der Waals surface area contributed by atoms with Crippen LogP contribution in [0.25, 0.3) is 0 Å². The Labute approximate surface area is 114 Å². The van der Waals surface area contributed by atoms with Gasteiger partial charge in [0.25, 0.3) is 0 Å². The molecule has 0 radical (unpaired) electrons. The van der Waals surface area contributed by atoms with E-state index in [1.54, 1.807) is 11.3 Å². The first-order chi connectivity index (χ1) is 8.06. The van der Waals surface area contributed by atoms with Gasteiger partial charge in [-0.05, 0) is 47.0 Å². The number of halogens is 1. The number of aryl methyl sites for hydroxylation is 2. The van der Waals surface area contributed by atoms with E-state index in [-0.39, 0.29) is 5.78 Å². The van der Waals surface area contributed by atoms with Crippen molar-refractivity contribution in [1.29, 1.82) is 0 Å². The summed E-state index contributed by atoms with van der Waals surface area (Å²) in [4.78, 5) is 12.1. The number of ketones is 1. The van der Waals surface area contributed by atoms with Crippen molar-refractivity contribution in [3.05, 3.63) is 55.7 Å². The number of hydrogen-bond acceptors (Lipinski definition) is 2. The Kier molecular flexibility index (Phi) is 3.79. The molecule has 0 amide bonds. The fraction of sp³-hybridized carbons (Fsp3) is 0.214. The van der Waals surface area contributed by atoms with Crippen molar-refractivity contribution in [2.45, 2.75) is 20.3 Å². The summed E-state index contributed by atoms with van der Waals surface area (Å²) < 4.78 is 1.00. The van der Waals surface area contributed by atoms with Crippen molar-refractivity contribution in [2.24, 2.45) is 0 Å². The first kappa shape index (κ1) is 12.5. The second kappa shape index (κ2) is 5.15. The molecule has 1 nitrogen and oxygen atoms in total. The van der Waals surface area contributed by atoms with Crippen molar-refractivity contribution in [2.75, 3.05) is 0 Å². The molecular formula is C14H13BrOS. The number of benzene rings is 1. The van der Waals surface area contributed by atoms with Crippen molar-refractivity contribution in [1.82, 2.24) is 0 Å². The molecule has 2 aromatic rings. The van der Waals surface area contributed by atoms with Crippen molar-refractivity contribution < 1.29 is 4.79 Å². The van der Waals surface area contributed by atoms with E-state index in [0.717, 1.165) is 14.9 Å². The number of carbonyl (C=O) groups excluding carboxylic acids is 1. The highest BCUT2D eigenvalue weighted by atomic mass is 79.9. The molecule has 0 N–H and O–H groups in total. The van der Waals surface area contributed by atoms with Crippen LogP contribution in [0, 0.1) is 13.8 Å². The zero-order valence-corrected chi connectivity index (χ0v) is 12.2. The van der Waals surface area contributed by atoms with Crippen LogP contribution in [0.1, 0.15) is 27.0 Å². The van der Waals surface area contributed by atoms with Gasteiger partial charge in [0.1, 0.15) is 0 Å². The van der Waals surface area contributed by atoms with Gasteiger partial charge in [0.2, 0.25) is 0 Å². The summed E-state index contributed by atoms with van der Waals surface area (Å²) in [6.07, 6.45) is 0.483. The Hall–Kier alpha value is -0.930. The van der Waals surface area contributed by atoms with Crippen LogP contribution in [0.3, 0.4) is 0 Å². The third kappa shape index (κ3) is 3.05. The Morgan fingerprint density at radius 3 is 2.71 bits per heavy atom. The molecule has 1 heterocycles. The lowest BCUT2D eigenvalue weighted by Crippen LogP contribution is -2.03. The third-order valence-electron chi connectivity index (χ3n) is 2.75. The average molecular weight is 309 g/mol. The van der Waals surface area contributed by atoms with Gasteiger partial charge in [0, 0.05) is 17.4 Å². The summed E-state index contributed by atoms with van der Waals surface area (Å²) in [5.41, 5.74) is 4.29. The fourth-order valence-corrected chi connectivity index (χ4v) is 2.88. The molecular weight excluding hydrogens is 296 g/mol. The van der Waals surface area contributed by atoms with Crippen molar-refractivity contribution in [3.63, 3.8) is 0 Å². The van der Waals surface area contributed by atoms with Crippen LogP contribution < -0.4 is 0 Å². The van der Waals surface area contributed by atoms with Crippen LogP contribution in [-0.4, -0.2) is 5.78 Å². The Balaban J connectivity index is 2.21. The van der Waals surface area contributed by atoms with Gasteiger partial charge >= 0.3 is 0 Å². The predicted molar refractivity (Wildman–Crippen MR) is 76.0 cm³/mol. The smallest absolute Gasteiger partial charge is 0.168 e. The molecule has 0 unspecified atom stereocenters. The third-order valence-corrected chi connectivity index (χ3v) is 4.25. The summed E-state index contributed by atoms with van der Waals surface area (Å²) in [5.74, 6) is 0.181. The molecule has 3 heteroatoms. The number of hydrogen-bond donors (Lipinski definition) is 0. The minimum absolute atomic E-state index is 0.181. The topological polar surface area (TPSA) is 17.1 Å². The van der Waals surface area contributed by atoms with E-state index in [2.05, 4.69) is 41.1 Å². The van der Waals surface area contributed by atoms with E-state index in [1.807, 2.05) is 18.4 Å². The van der Waals surface area contributed by atoms with E-state index >= 15 is 0 Å². The molecule has 1 aromatic carbocycles. The molecule has 1 aromatic heterocycles. The molecule has 0 aliphatic carbocycles. The number of carbonyl (C=O) groups is 1. The molecule has 0 fully saturated rings. The normalized spacial score (nSPS) is 10.5. The largest absolute Gasteiger partial charge is 0.294 e. The van der Waals surface area contributed by atoms with Gasteiger partial charge in [0.05, 0.1) is 3.79 Å².